The Morgan fingerprint density at radius 3 is 2.74 bits per heavy atom. The van der Waals surface area contributed by atoms with Gasteiger partial charge in [0.25, 0.3) is 5.91 Å². The van der Waals surface area contributed by atoms with Gasteiger partial charge in [0.05, 0.1) is 16.9 Å². The number of hydrogen-bond donors (Lipinski definition) is 1. The van der Waals surface area contributed by atoms with Gasteiger partial charge in [-0.05, 0) is 13.0 Å². The average molecular weight is 349 g/mol. The van der Waals surface area contributed by atoms with Crippen LogP contribution in [0.4, 0.5) is 13.2 Å². The summed E-state index contributed by atoms with van der Waals surface area (Å²) < 4.78 is 38.8. The number of aryl methyl sites for hydroxylation is 1. The van der Waals surface area contributed by atoms with Crippen molar-refractivity contribution in [2.75, 3.05) is 0 Å². The molecule has 2 rings (SSSR count). The highest BCUT2D eigenvalue weighted by molar-refractivity contribution is 6.34. The summed E-state index contributed by atoms with van der Waals surface area (Å²) in [6, 6.07) is 1.33. The average Bonchev–Trinajstić information content (AvgIpc) is 2.97. The maximum Gasteiger partial charge on any atom is 0.408 e. The van der Waals surface area contributed by atoms with Crippen molar-refractivity contribution >= 4 is 23.7 Å². The van der Waals surface area contributed by atoms with E-state index in [0.29, 0.717) is 5.69 Å². The summed E-state index contributed by atoms with van der Waals surface area (Å²) in [4.78, 5) is 11.9. The molecule has 0 saturated carbocycles. The van der Waals surface area contributed by atoms with Crippen molar-refractivity contribution < 1.29 is 18.0 Å². The zero-order valence-electron chi connectivity index (χ0n) is 12.1. The number of carbonyl (C=O) groups excluding carboxylic acids is 1. The maximum atomic E-state index is 12.2. The second-order valence-electron chi connectivity index (χ2n) is 4.62. The quantitative estimate of drug-likeness (QED) is 0.677. The topological polar surface area (TPSA) is 77.1 Å². The van der Waals surface area contributed by atoms with Crippen LogP contribution in [0.1, 0.15) is 21.9 Å². The van der Waals surface area contributed by atoms with E-state index in [4.69, 9.17) is 11.6 Å². The van der Waals surface area contributed by atoms with Crippen LogP contribution < -0.4 is 5.43 Å². The predicted molar refractivity (Wildman–Crippen MR) is 76.3 cm³/mol. The lowest BCUT2D eigenvalue weighted by molar-refractivity contribution is -0.142. The second kappa shape index (κ2) is 6.41. The number of alkyl halides is 3. The van der Waals surface area contributed by atoms with Crippen molar-refractivity contribution in [1.29, 1.82) is 0 Å². The van der Waals surface area contributed by atoms with E-state index in [1.54, 1.807) is 14.0 Å². The van der Waals surface area contributed by atoms with E-state index in [1.165, 1.54) is 10.7 Å². The van der Waals surface area contributed by atoms with Gasteiger partial charge < -0.3 is 0 Å². The first-order valence-corrected chi connectivity index (χ1v) is 6.68. The first kappa shape index (κ1) is 17.0. The first-order chi connectivity index (χ1) is 10.7. The summed E-state index contributed by atoms with van der Waals surface area (Å²) in [5.74, 6) is -0.635. The van der Waals surface area contributed by atoms with Gasteiger partial charge in [-0.15, -0.1) is 0 Å². The van der Waals surface area contributed by atoms with Crippen molar-refractivity contribution in [2.24, 2.45) is 12.1 Å². The minimum absolute atomic E-state index is 0.00594. The lowest BCUT2D eigenvalue weighted by atomic mass is 10.3. The van der Waals surface area contributed by atoms with E-state index in [-0.39, 0.29) is 16.4 Å². The van der Waals surface area contributed by atoms with Crippen molar-refractivity contribution in [3.8, 4) is 0 Å². The standard InChI is InChI=1S/C12H12ClF3N6O/c1-7-9(13)10(20-21(7)2)11(23)18-17-5-8-3-4-22(19-8)6-12(14,15)16/h3-5H,6H2,1-2H3,(H,18,23). The Hall–Kier alpha value is -2.36. The highest BCUT2D eigenvalue weighted by Crippen LogP contribution is 2.19. The molecule has 0 aliphatic carbocycles. The number of amides is 1. The van der Waals surface area contributed by atoms with E-state index < -0.39 is 18.6 Å². The maximum absolute atomic E-state index is 12.2. The molecule has 2 aromatic rings. The van der Waals surface area contributed by atoms with Gasteiger partial charge in [-0.1, -0.05) is 11.6 Å². The molecule has 0 atom stereocenters. The molecular formula is C12H12ClF3N6O. The smallest absolute Gasteiger partial charge is 0.271 e. The Morgan fingerprint density at radius 1 is 1.48 bits per heavy atom. The lowest BCUT2D eigenvalue weighted by Gasteiger charge is -2.04. The van der Waals surface area contributed by atoms with E-state index >= 15 is 0 Å². The van der Waals surface area contributed by atoms with Crippen molar-refractivity contribution in [3.63, 3.8) is 0 Å². The number of hydrazone groups is 1. The molecule has 2 heterocycles. The fourth-order valence-corrected chi connectivity index (χ4v) is 1.90. The molecule has 11 heteroatoms. The molecule has 0 fully saturated rings. The summed E-state index contributed by atoms with van der Waals surface area (Å²) in [6.45, 7) is 0.499. The molecule has 0 radical (unpaired) electrons. The zero-order valence-corrected chi connectivity index (χ0v) is 12.9. The van der Waals surface area contributed by atoms with E-state index in [1.807, 2.05) is 0 Å². The highest BCUT2D eigenvalue weighted by Gasteiger charge is 2.28. The van der Waals surface area contributed by atoms with Gasteiger partial charge in [-0.25, -0.2) is 5.43 Å². The molecule has 0 bridgehead atoms. The molecule has 0 saturated heterocycles. The van der Waals surface area contributed by atoms with E-state index in [0.717, 1.165) is 17.1 Å². The summed E-state index contributed by atoms with van der Waals surface area (Å²) in [7, 11) is 1.63. The van der Waals surface area contributed by atoms with Gasteiger partial charge in [-0.3, -0.25) is 14.2 Å². The zero-order chi connectivity index (χ0) is 17.2. The Balaban J connectivity index is 1.99. The summed E-state index contributed by atoms with van der Waals surface area (Å²) >= 11 is 5.95. The third-order valence-electron chi connectivity index (χ3n) is 2.84. The second-order valence-corrected chi connectivity index (χ2v) is 5.00. The van der Waals surface area contributed by atoms with Crippen molar-refractivity contribution in [1.82, 2.24) is 25.0 Å². The Kier molecular flexibility index (Phi) is 4.73. The molecular weight excluding hydrogens is 337 g/mol. The monoisotopic (exact) mass is 348 g/mol. The van der Waals surface area contributed by atoms with Crippen LogP contribution in [0.25, 0.3) is 0 Å². The third-order valence-corrected chi connectivity index (χ3v) is 3.29. The number of aromatic nitrogens is 4. The fraction of sp³-hybridized carbons (Fsp3) is 0.333. The SMILES string of the molecule is Cc1c(Cl)c(C(=O)NN=Cc2ccn(CC(F)(F)F)n2)nn1C. The van der Waals surface area contributed by atoms with Crippen LogP contribution in [0, 0.1) is 6.92 Å². The number of nitrogens with zero attached hydrogens (tertiary/aromatic N) is 5. The summed E-state index contributed by atoms with van der Waals surface area (Å²) in [5, 5.41) is 11.4. The molecule has 0 aliphatic rings. The number of rotatable bonds is 4. The number of nitrogens with one attached hydrogen (secondary N) is 1. The molecule has 124 valence electrons. The van der Waals surface area contributed by atoms with Crippen molar-refractivity contribution in [2.45, 2.75) is 19.6 Å². The van der Waals surface area contributed by atoms with Crippen LogP contribution >= 0.6 is 11.6 Å². The van der Waals surface area contributed by atoms with Gasteiger partial charge >= 0.3 is 6.18 Å². The molecule has 0 unspecified atom stereocenters. The molecule has 1 N–H and O–H groups in total. The molecule has 1 amide bonds. The Labute approximate surface area is 133 Å². The first-order valence-electron chi connectivity index (χ1n) is 6.30. The van der Waals surface area contributed by atoms with E-state index in [2.05, 4.69) is 20.7 Å². The van der Waals surface area contributed by atoms with Crippen LogP contribution in [0.15, 0.2) is 17.4 Å². The summed E-state index contributed by atoms with van der Waals surface area (Å²) in [6.07, 6.45) is -2.08. The van der Waals surface area contributed by atoms with Gasteiger partial charge in [-0.2, -0.15) is 28.5 Å². The van der Waals surface area contributed by atoms with Crippen LogP contribution in [-0.2, 0) is 13.6 Å². The highest BCUT2D eigenvalue weighted by atomic mass is 35.5. The molecule has 0 spiro atoms. The Bertz CT molecular complexity index is 749. The van der Waals surface area contributed by atoms with Gasteiger partial charge in [0.1, 0.15) is 12.2 Å². The molecule has 23 heavy (non-hydrogen) atoms. The van der Waals surface area contributed by atoms with Crippen LogP contribution in [-0.4, -0.2) is 37.9 Å². The normalized spacial score (nSPS) is 12.1. The largest absolute Gasteiger partial charge is 0.408 e. The fourth-order valence-electron chi connectivity index (χ4n) is 1.66. The molecule has 2 aromatic heterocycles. The van der Waals surface area contributed by atoms with Crippen LogP contribution in [0.5, 0.6) is 0 Å². The predicted octanol–water partition coefficient (Wildman–Crippen LogP) is 1.90. The van der Waals surface area contributed by atoms with Gasteiger partial charge in [0.2, 0.25) is 0 Å². The summed E-state index contributed by atoms with van der Waals surface area (Å²) in [5.41, 5.74) is 2.97. The number of carbonyl (C=O) groups is 1. The van der Waals surface area contributed by atoms with Crippen LogP contribution in [0.3, 0.4) is 0 Å². The Morgan fingerprint density at radius 2 is 2.17 bits per heavy atom. The third kappa shape index (κ3) is 4.31. The number of halogens is 4. The minimum Gasteiger partial charge on any atom is -0.271 e. The molecule has 0 aromatic carbocycles. The molecule has 0 aliphatic heterocycles. The van der Waals surface area contributed by atoms with Gasteiger partial charge in [0.15, 0.2) is 5.69 Å². The molecule has 7 nitrogen and oxygen atoms in total. The van der Waals surface area contributed by atoms with Crippen LogP contribution in [0.2, 0.25) is 5.02 Å². The van der Waals surface area contributed by atoms with Gasteiger partial charge in [0, 0.05) is 13.2 Å². The lowest BCUT2D eigenvalue weighted by Crippen LogP contribution is -2.19. The van der Waals surface area contributed by atoms with Crippen molar-refractivity contribution in [3.05, 3.63) is 34.4 Å². The number of hydrogen-bond acceptors (Lipinski definition) is 4. The van der Waals surface area contributed by atoms with E-state index in [9.17, 15) is 18.0 Å². The minimum atomic E-state index is -4.36.